The van der Waals surface area contributed by atoms with Crippen LogP contribution in [-0.4, -0.2) is 38.5 Å². The lowest BCUT2D eigenvalue weighted by Gasteiger charge is -2.26. The molecule has 1 aliphatic heterocycles. The molecule has 0 unspecified atom stereocenters. The number of aromatic carboxylic acids is 1. The predicted octanol–water partition coefficient (Wildman–Crippen LogP) is 6.31. The summed E-state index contributed by atoms with van der Waals surface area (Å²) in [6.07, 6.45) is 1.91. The number of thiocarbonyl (C=S) groups is 1. The van der Waals surface area contributed by atoms with Crippen LogP contribution < -0.4 is 10.6 Å². The van der Waals surface area contributed by atoms with Crippen molar-refractivity contribution < 1.29 is 19.1 Å². The van der Waals surface area contributed by atoms with Crippen LogP contribution in [0.5, 0.6) is 0 Å². The topological polar surface area (TPSA) is 108 Å². The second-order valence-corrected chi connectivity index (χ2v) is 10.4. The lowest BCUT2D eigenvalue weighted by molar-refractivity contribution is -0.116. The highest BCUT2D eigenvalue weighted by Crippen LogP contribution is 2.41. The van der Waals surface area contributed by atoms with E-state index >= 15 is 0 Å². The molecule has 204 valence electrons. The van der Waals surface area contributed by atoms with Crippen molar-refractivity contribution in [3.8, 4) is 11.3 Å². The molecular formula is C30H27ClN4O4S. The highest BCUT2D eigenvalue weighted by Gasteiger charge is 2.41. The van der Waals surface area contributed by atoms with Gasteiger partial charge in [0.15, 0.2) is 5.11 Å². The summed E-state index contributed by atoms with van der Waals surface area (Å²) < 4.78 is 6.28. The van der Waals surface area contributed by atoms with E-state index in [0.717, 1.165) is 22.5 Å². The van der Waals surface area contributed by atoms with Crippen LogP contribution in [0, 0.1) is 13.8 Å². The highest BCUT2D eigenvalue weighted by atomic mass is 35.5. The molecule has 2 atom stereocenters. The molecule has 3 heterocycles. The van der Waals surface area contributed by atoms with Gasteiger partial charge in [-0.1, -0.05) is 29.8 Å². The first-order valence-corrected chi connectivity index (χ1v) is 13.5. The van der Waals surface area contributed by atoms with Gasteiger partial charge in [-0.25, -0.2) is 4.79 Å². The van der Waals surface area contributed by atoms with Gasteiger partial charge in [0, 0.05) is 30.4 Å². The van der Waals surface area contributed by atoms with E-state index in [1.54, 1.807) is 12.3 Å². The third-order valence-electron chi connectivity index (χ3n) is 6.84. The van der Waals surface area contributed by atoms with Crippen molar-refractivity contribution in [1.82, 2.24) is 15.2 Å². The zero-order valence-electron chi connectivity index (χ0n) is 21.8. The zero-order valence-corrected chi connectivity index (χ0v) is 23.4. The van der Waals surface area contributed by atoms with Gasteiger partial charge in [0.1, 0.15) is 17.6 Å². The summed E-state index contributed by atoms with van der Waals surface area (Å²) in [4.78, 5) is 30.9. The van der Waals surface area contributed by atoms with Gasteiger partial charge in [0.25, 0.3) is 0 Å². The molecule has 0 spiro atoms. The van der Waals surface area contributed by atoms with Crippen LogP contribution in [0.15, 0.2) is 77.3 Å². The Morgan fingerprint density at radius 3 is 2.70 bits per heavy atom. The number of aryl methyl sites for hydroxylation is 2. The molecule has 10 heteroatoms. The summed E-state index contributed by atoms with van der Waals surface area (Å²) in [6, 6.07) is 18.9. The van der Waals surface area contributed by atoms with E-state index in [9.17, 15) is 14.7 Å². The minimum absolute atomic E-state index is 0.101. The van der Waals surface area contributed by atoms with Gasteiger partial charge in [-0.05, 0) is 85.7 Å². The van der Waals surface area contributed by atoms with Crippen LogP contribution in [0.25, 0.3) is 11.3 Å². The van der Waals surface area contributed by atoms with E-state index in [1.807, 2.05) is 61.2 Å². The number of halogens is 1. The predicted molar refractivity (Wildman–Crippen MR) is 157 cm³/mol. The molecule has 40 heavy (non-hydrogen) atoms. The molecule has 3 N–H and O–H groups in total. The van der Waals surface area contributed by atoms with E-state index in [-0.39, 0.29) is 23.9 Å². The Labute approximate surface area is 242 Å². The minimum Gasteiger partial charge on any atom is -0.478 e. The molecule has 0 radical (unpaired) electrons. The van der Waals surface area contributed by atoms with E-state index in [0.29, 0.717) is 33.8 Å². The van der Waals surface area contributed by atoms with E-state index in [4.69, 9.17) is 28.2 Å². The summed E-state index contributed by atoms with van der Waals surface area (Å²) >= 11 is 12.1. The number of benzene rings is 2. The Bertz CT molecular complexity index is 1590. The zero-order chi connectivity index (χ0) is 28.4. The number of carbonyl (C=O) groups excluding carboxylic acids is 1. The number of hydrogen-bond donors (Lipinski definition) is 3. The molecule has 1 saturated heterocycles. The third kappa shape index (κ3) is 5.71. The number of carboxylic acid groups (broad SMARTS) is 1. The summed E-state index contributed by atoms with van der Waals surface area (Å²) in [6.45, 7) is 4.27. The monoisotopic (exact) mass is 574 g/mol. The lowest BCUT2D eigenvalue weighted by Crippen LogP contribution is -2.32. The first-order chi connectivity index (χ1) is 19.2. The van der Waals surface area contributed by atoms with Crippen LogP contribution in [0.1, 0.15) is 51.4 Å². The number of amides is 1. The Morgan fingerprint density at radius 2 is 1.95 bits per heavy atom. The molecule has 1 fully saturated rings. The second kappa shape index (κ2) is 11.5. The van der Waals surface area contributed by atoms with Gasteiger partial charge < -0.3 is 25.1 Å². The van der Waals surface area contributed by atoms with E-state index in [2.05, 4.69) is 15.6 Å². The van der Waals surface area contributed by atoms with Gasteiger partial charge in [-0.3, -0.25) is 9.78 Å². The number of pyridine rings is 1. The fourth-order valence-corrected chi connectivity index (χ4v) is 5.31. The number of anilines is 1. The van der Waals surface area contributed by atoms with Crippen LogP contribution in [0.3, 0.4) is 0 Å². The lowest BCUT2D eigenvalue weighted by atomic mass is 10.0. The third-order valence-corrected chi connectivity index (χ3v) is 7.52. The van der Waals surface area contributed by atoms with Gasteiger partial charge in [0.05, 0.1) is 22.3 Å². The molecule has 4 aromatic rings. The van der Waals surface area contributed by atoms with Crippen LogP contribution >= 0.6 is 23.8 Å². The second-order valence-electron chi connectivity index (χ2n) is 9.64. The number of furan rings is 1. The van der Waals surface area contributed by atoms with Crippen LogP contribution in [0.4, 0.5) is 5.69 Å². The van der Waals surface area contributed by atoms with Crippen LogP contribution in [0.2, 0.25) is 5.02 Å². The maximum absolute atomic E-state index is 12.9. The highest BCUT2D eigenvalue weighted by molar-refractivity contribution is 7.80. The Hall–Kier alpha value is -4.21. The molecule has 1 aliphatic rings. The number of aromatic nitrogens is 1. The van der Waals surface area contributed by atoms with Crippen molar-refractivity contribution >= 4 is 46.5 Å². The van der Waals surface area contributed by atoms with E-state index in [1.165, 1.54) is 18.2 Å². The quantitative estimate of drug-likeness (QED) is 0.210. The Morgan fingerprint density at radius 1 is 1.12 bits per heavy atom. The first kappa shape index (κ1) is 27.4. The molecule has 5 rings (SSSR count). The number of carboxylic acids is 1. The van der Waals surface area contributed by atoms with Gasteiger partial charge in [0.2, 0.25) is 5.91 Å². The maximum atomic E-state index is 12.9. The van der Waals surface area contributed by atoms with Crippen molar-refractivity contribution in [3.63, 3.8) is 0 Å². The summed E-state index contributed by atoms with van der Waals surface area (Å²) in [5.41, 5.74) is 4.16. The van der Waals surface area contributed by atoms with Gasteiger partial charge >= 0.3 is 5.97 Å². The molecule has 0 aliphatic carbocycles. The standard InChI is InChI=1S/C30H27ClN4O4S/c1-17-6-7-18(2)23(15-17)33-26(36)12-14-35-28(27(34-30(35)40)22-5-3-4-13-32-22)25-11-10-24(39-25)20-16-19(29(37)38)8-9-21(20)31/h3-11,13,15-16,27-28H,12,14H2,1-2H3,(H,33,36)(H,34,40)(H,37,38)/t27-,28-/m0/s1. The van der Waals surface area contributed by atoms with Crippen molar-refractivity contribution in [1.29, 1.82) is 0 Å². The van der Waals surface area contributed by atoms with Gasteiger partial charge in [-0.15, -0.1) is 0 Å². The largest absolute Gasteiger partial charge is 0.478 e. The average Bonchev–Trinajstić information content (AvgIpc) is 3.54. The minimum atomic E-state index is -1.06. The Balaban J connectivity index is 1.43. The SMILES string of the molecule is Cc1ccc(C)c(NC(=O)CCN2C(=S)N[C@@H](c3ccccn3)[C@@H]2c2ccc(-c3cc(C(=O)O)ccc3Cl)o2)c1. The number of nitrogens with one attached hydrogen (secondary N) is 2. The Kier molecular flexibility index (Phi) is 7.86. The molecule has 0 bridgehead atoms. The number of nitrogens with zero attached hydrogens (tertiary/aromatic N) is 2. The van der Waals surface area contributed by atoms with Crippen molar-refractivity contribution in [2.45, 2.75) is 32.4 Å². The molecule has 0 saturated carbocycles. The van der Waals surface area contributed by atoms with Crippen molar-refractivity contribution in [3.05, 3.63) is 106 Å². The van der Waals surface area contributed by atoms with E-state index < -0.39 is 12.0 Å². The number of carbonyl (C=O) groups is 2. The van der Waals surface area contributed by atoms with Crippen LogP contribution in [-0.2, 0) is 4.79 Å². The summed E-state index contributed by atoms with van der Waals surface area (Å²) in [5, 5.41) is 16.6. The summed E-state index contributed by atoms with van der Waals surface area (Å²) in [5.74, 6) is -0.192. The first-order valence-electron chi connectivity index (χ1n) is 12.7. The van der Waals surface area contributed by atoms with Gasteiger partial charge in [-0.2, -0.15) is 0 Å². The fourth-order valence-electron chi connectivity index (χ4n) is 4.76. The molecule has 8 nitrogen and oxygen atoms in total. The maximum Gasteiger partial charge on any atom is 0.335 e. The molecule has 2 aromatic heterocycles. The number of rotatable bonds is 8. The van der Waals surface area contributed by atoms with Crippen molar-refractivity contribution in [2.24, 2.45) is 0 Å². The molecule has 1 amide bonds. The average molecular weight is 575 g/mol. The summed E-state index contributed by atoms with van der Waals surface area (Å²) in [7, 11) is 0. The molecule has 2 aromatic carbocycles. The molecular weight excluding hydrogens is 548 g/mol. The normalized spacial score (nSPS) is 16.6. The number of hydrogen-bond acceptors (Lipinski definition) is 5. The van der Waals surface area contributed by atoms with Crippen molar-refractivity contribution in [2.75, 3.05) is 11.9 Å². The fraction of sp³-hybridized carbons (Fsp3) is 0.200. The smallest absolute Gasteiger partial charge is 0.335 e.